The molecule has 2 amide bonds. The molecule has 6 N–H and O–H groups in total. The van der Waals surface area contributed by atoms with Gasteiger partial charge in [-0.3, -0.25) is 9.59 Å². The van der Waals surface area contributed by atoms with Crippen molar-refractivity contribution in [3.05, 3.63) is 36.2 Å². The van der Waals surface area contributed by atoms with Gasteiger partial charge in [0.05, 0.1) is 18.9 Å². The number of nitrogens with one attached hydrogen (secondary N) is 2. The number of aliphatic hydroxyl groups is 2. The number of carbonyl (C=O) groups is 2. The summed E-state index contributed by atoms with van der Waals surface area (Å²) < 4.78 is 15.5. The van der Waals surface area contributed by atoms with Crippen LogP contribution in [0.3, 0.4) is 0 Å². The quantitative estimate of drug-likeness (QED) is 0.112. The fourth-order valence-electron chi connectivity index (χ4n) is 4.43. The highest BCUT2D eigenvalue weighted by atomic mass is 16.6. The average molecular weight is 678 g/mol. The van der Waals surface area contributed by atoms with Gasteiger partial charge in [0.25, 0.3) is 5.91 Å². The van der Waals surface area contributed by atoms with Crippen LogP contribution in [0, 0.1) is 0 Å². The number of pyridine rings is 2. The van der Waals surface area contributed by atoms with Gasteiger partial charge in [0.2, 0.25) is 6.41 Å². The molecule has 1 saturated heterocycles. The summed E-state index contributed by atoms with van der Waals surface area (Å²) >= 11 is 0. The summed E-state index contributed by atoms with van der Waals surface area (Å²) in [6.45, 7) is 18.4. The molecule has 0 radical (unpaired) electrons. The predicted molar refractivity (Wildman–Crippen MR) is 189 cm³/mol. The van der Waals surface area contributed by atoms with Crippen molar-refractivity contribution in [1.82, 2.24) is 15.3 Å². The van der Waals surface area contributed by atoms with E-state index in [0.717, 1.165) is 37.4 Å². The molecule has 1 fully saturated rings. The van der Waals surface area contributed by atoms with Crippen LogP contribution in [0.1, 0.15) is 85.1 Å². The fraction of sp³-hybridized carbons (Fsp3) is 0.647. The van der Waals surface area contributed by atoms with E-state index in [1.165, 1.54) is 0 Å². The molecule has 0 aliphatic carbocycles. The molecule has 2 aromatic heterocycles. The number of likely N-dealkylation sites (N-methyl/N-ethyl adjacent to an activating group) is 1. The number of hydrogen-bond donors (Lipinski definition) is 5. The van der Waals surface area contributed by atoms with Gasteiger partial charge in [-0.1, -0.05) is 20.8 Å². The molecule has 2 aromatic rings. The maximum atomic E-state index is 12.1. The molecule has 4 rings (SSSR count). The minimum atomic E-state index is -1.11. The fourth-order valence-corrected chi connectivity index (χ4v) is 4.43. The zero-order chi connectivity index (χ0) is 36.3. The largest absolute Gasteiger partial charge is 0.493 e. The number of amides is 2. The zero-order valence-electron chi connectivity index (χ0n) is 30.3. The van der Waals surface area contributed by atoms with Crippen molar-refractivity contribution in [3.8, 4) is 5.75 Å². The monoisotopic (exact) mass is 677 g/mol. The second kappa shape index (κ2) is 21.4. The Balaban J connectivity index is 0.000000380. The Morgan fingerprint density at radius 2 is 1.79 bits per heavy atom. The van der Waals surface area contributed by atoms with Gasteiger partial charge in [-0.15, -0.1) is 0 Å². The van der Waals surface area contributed by atoms with Crippen molar-refractivity contribution < 1.29 is 34.0 Å². The molecule has 2 unspecified atom stereocenters. The lowest BCUT2D eigenvalue weighted by atomic mass is 10.2. The lowest BCUT2D eigenvalue weighted by molar-refractivity contribution is -0.177. The summed E-state index contributed by atoms with van der Waals surface area (Å²) in [7, 11) is 2.06. The van der Waals surface area contributed by atoms with E-state index in [0.29, 0.717) is 62.5 Å². The molecular formula is C34H59N7O7. The van der Waals surface area contributed by atoms with Crippen LogP contribution in [-0.2, 0) is 14.3 Å². The first-order chi connectivity index (χ1) is 22.6. The van der Waals surface area contributed by atoms with Gasteiger partial charge in [-0.2, -0.15) is 0 Å². The molecule has 2 aliphatic heterocycles. The third kappa shape index (κ3) is 16.5. The molecule has 0 aromatic carbocycles. The predicted octanol–water partition coefficient (Wildman–Crippen LogP) is 3.52. The van der Waals surface area contributed by atoms with Gasteiger partial charge in [0.15, 0.2) is 17.4 Å². The van der Waals surface area contributed by atoms with Crippen molar-refractivity contribution in [2.24, 2.45) is 5.73 Å². The summed E-state index contributed by atoms with van der Waals surface area (Å²) in [5, 5.41) is 23.5. The third-order valence-electron chi connectivity index (χ3n) is 6.67. The maximum absolute atomic E-state index is 12.1. The van der Waals surface area contributed by atoms with Crippen LogP contribution in [0.4, 0.5) is 17.3 Å². The Labute approximate surface area is 286 Å². The van der Waals surface area contributed by atoms with Gasteiger partial charge in [0.1, 0.15) is 17.3 Å². The molecule has 2 atom stereocenters. The molecule has 48 heavy (non-hydrogen) atoms. The molecule has 14 nitrogen and oxygen atoms in total. The Morgan fingerprint density at radius 1 is 1.12 bits per heavy atom. The second-order valence-electron chi connectivity index (χ2n) is 12.2. The Kier molecular flexibility index (Phi) is 18.9. The van der Waals surface area contributed by atoms with Crippen molar-refractivity contribution in [2.75, 3.05) is 61.6 Å². The van der Waals surface area contributed by atoms with Gasteiger partial charge >= 0.3 is 0 Å². The normalized spacial score (nSPS) is 15.3. The number of rotatable bonds is 14. The van der Waals surface area contributed by atoms with Gasteiger partial charge in [0, 0.05) is 64.1 Å². The molecule has 2 bridgehead atoms. The summed E-state index contributed by atoms with van der Waals surface area (Å²) in [6, 6.07) is 7.58. The van der Waals surface area contributed by atoms with Crippen LogP contribution < -0.4 is 30.9 Å². The van der Waals surface area contributed by atoms with E-state index in [4.69, 9.17) is 25.1 Å². The Morgan fingerprint density at radius 3 is 2.38 bits per heavy atom. The standard InChI is InChI=1S/C14H21N5O.C12H18N2O4.C6H14O2.C2H6/c1-9(15)7-16-14(20)11-3-4-12-13(17-11)18(2)10-5-6-19(12)8-10;1-12(2,16)18-7-3-6-17-10-4-5-13-11(8-10)14-9-15;1-4-5-8-6(2,3)7;1-2/h3-4,9-10H,5-8,15H2,1-2H3,(H,16,20);4-5,8-9,16H,3,6-7H2,1-2H3,(H,13,14,15);7H,4-5H2,1-3H3;1-2H3. The highest BCUT2D eigenvalue weighted by Crippen LogP contribution is 2.37. The van der Waals surface area contributed by atoms with Crippen molar-refractivity contribution in [2.45, 2.75) is 98.3 Å². The van der Waals surface area contributed by atoms with Crippen molar-refractivity contribution in [1.29, 1.82) is 0 Å². The third-order valence-corrected chi connectivity index (χ3v) is 6.67. The van der Waals surface area contributed by atoms with Crippen LogP contribution in [-0.4, -0.2) is 103 Å². The second-order valence-corrected chi connectivity index (χ2v) is 12.2. The summed E-state index contributed by atoms with van der Waals surface area (Å²) in [5.41, 5.74) is 7.23. The number of nitrogens with zero attached hydrogens (tertiary/aromatic N) is 4. The number of carbonyl (C=O) groups excluding carboxylic acids is 2. The number of aromatic nitrogens is 2. The highest BCUT2D eigenvalue weighted by molar-refractivity contribution is 5.93. The van der Waals surface area contributed by atoms with Gasteiger partial charge in [-0.25, -0.2) is 9.97 Å². The van der Waals surface area contributed by atoms with Crippen molar-refractivity contribution >= 4 is 29.6 Å². The van der Waals surface area contributed by atoms with E-state index in [1.807, 2.05) is 33.8 Å². The number of hydrogen-bond acceptors (Lipinski definition) is 12. The number of anilines is 3. The Hall–Kier alpha value is -3.56. The zero-order valence-corrected chi connectivity index (χ0v) is 30.3. The van der Waals surface area contributed by atoms with E-state index in [9.17, 15) is 14.7 Å². The van der Waals surface area contributed by atoms with Crippen LogP contribution in [0.15, 0.2) is 30.5 Å². The first-order valence-electron chi connectivity index (χ1n) is 16.7. The first-order valence-corrected chi connectivity index (χ1v) is 16.7. The number of ether oxygens (including phenoxy) is 3. The van der Waals surface area contributed by atoms with E-state index in [2.05, 4.69) is 37.4 Å². The maximum Gasteiger partial charge on any atom is 0.270 e. The van der Waals surface area contributed by atoms with E-state index < -0.39 is 11.6 Å². The van der Waals surface area contributed by atoms with Gasteiger partial charge in [-0.05, 0) is 65.7 Å². The first kappa shape index (κ1) is 42.5. The van der Waals surface area contributed by atoms with E-state index in [1.54, 1.807) is 52.1 Å². The number of nitrogens with two attached hydrogens (primary N) is 1. The molecule has 2 aliphatic rings. The van der Waals surface area contributed by atoms with Crippen LogP contribution >= 0.6 is 0 Å². The summed E-state index contributed by atoms with van der Waals surface area (Å²) in [4.78, 5) is 35.3. The van der Waals surface area contributed by atoms with Gasteiger partial charge < -0.3 is 50.6 Å². The molecule has 14 heteroatoms. The lowest BCUT2D eigenvalue weighted by Gasteiger charge is -2.34. The lowest BCUT2D eigenvalue weighted by Crippen LogP contribution is -2.41. The van der Waals surface area contributed by atoms with Crippen LogP contribution in [0.5, 0.6) is 5.75 Å². The molecule has 272 valence electrons. The summed E-state index contributed by atoms with van der Waals surface area (Å²) in [6.07, 6.45) is 4.86. The molecule has 4 heterocycles. The highest BCUT2D eigenvalue weighted by Gasteiger charge is 2.35. The average Bonchev–Trinajstić information content (AvgIpc) is 3.48. The smallest absolute Gasteiger partial charge is 0.270 e. The van der Waals surface area contributed by atoms with Crippen molar-refractivity contribution in [3.63, 3.8) is 0 Å². The van der Waals surface area contributed by atoms with Crippen LogP contribution in [0.25, 0.3) is 0 Å². The molecule has 0 saturated carbocycles. The Bertz CT molecular complexity index is 1220. The number of fused-ring (bicyclic) bond motifs is 4. The minimum Gasteiger partial charge on any atom is -0.493 e. The van der Waals surface area contributed by atoms with Crippen LogP contribution in [0.2, 0.25) is 0 Å². The summed E-state index contributed by atoms with van der Waals surface area (Å²) in [5.74, 6) is -0.250. The topological polar surface area (TPSA) is 185 Å². The van der Waals surface area contributed by atoms with E-state index in [-0.39, 0.29) is 11.9 Å². The molecular weight excluding hydrogens is 618 g/mol. The minimum absolute atomic E-state index is 0.0544. The molecule has 0 spiro atoms. The SMILES string of the molecule is CC.CC(C)(O)OCCCOc1ccnc(NC=O)c1.CC(N)CNC(=O)c1ccc2c(n1)N(C)C1CCN2C1.CCCOC(C)(C)O. The van der Waals surface area contributed by atoms with E-state index >= 15 is 0 Å².